The van der Waals surface area contributed by atoms with Crippen LogP contribution in [0.4, 0.5) is 10.1 Å². The number of anilines is 1. The topological polar surface area (TPSA) is 59.1 Å². The zero-order valence-corrected chi connectivity index (χ0v) is 16.9. The number of hydrogen-bond acceptors (Lipinski definition) is 5. The molecule has 0 atom stereocenters. The second-order valence-corrected chi connectivity index (χ2v) is 7.46. The average Bonchev–Trinajstić information content (AvgIpc) is 2.74. The third-order valence-corrected chi connectivity index (χ3v) is 5.46. The van der Waals surface area contributed by atoms with Crippen LogP contribution in [-0.4, -0.2) is 98.5 Å². The highest BCUT2D eigenvalue weighted by molar-refractivity contribution is 5.79. The van der Waals surface area contributed by atoms with E-state index in [0.717, 1.165) is 26.2 Å². The maximum absolute atomic E-state index is 13.9. The van der Waals surface area contributed by atoms with Crippen molar-refractivity contribution in [2.75, 3.05) is 76.9 Å². The van der Waals surface area contributed by atoms with E-state index in [-0.39, 0.29) is 17.6 Å². The van der Waals surface area contributed by atoms with Gasteiger partial charge in [0, 0.05) is 58.9 Å². The van der Waals surface area contributed by atoms with Crippen LogP contribution in [0.3, 0.4) is 0 Å². The lowest BCUT2D eigenvalue weighted by atomic mass is 10.2. The van der Waals surface area contributed by atoms with Crippen LogP contribution in [0, 0.1) is 5.82 Å². The Bertz CT molecular complexity index is 713. The molecule has 2 saturated heterocycles. The molecule has 0 unspecified atom stereocenters. The van der Waals surface area contributed by atoms with E-state index in [0.29, 0.717) is 51.5 Å². The molecule has 158 valence electrons. The summed E-state index contributed by atoms with van der Waals surface area (Å²) >= 11 is 0. The maximum Gasteiger partial charge on any atom is 0.236 e. The average molecular weight is 404 g/mol. The number of hydrogen-bond donors (Lipinski definition) is 1. The van der Waals surface area contributed by atoms with Gasteiger partial charge < -0.3 is 15.1 Å². The summed E-state index contributed by atoms with van der Waals surface area (Å²) in [5, 5.41) is 2.78. The van der Waals surface area contributed by atoms with E-state index in [9.17, 15) is 14.0 Å². The fourth-order valence-electron chi connectivity index (χ4n) is 3.75. The normalized spacial score (nSPS) is 18.5. The third-order valence-electron chi connectivity index (χ3n) is 5.46. The Morgan fingerprint density at radius 1 is 0.966 bits per heavy atom. The third kappa shape index (κ3) is 6.01. The second-order valence-electron chi connectivity index (χ2n) is 7.46. The molecule has 1 N–H and O–H groups in total. The van der Waals surface area contributed by atoms with Crippen LogP contribution < -0.4 is 10.2 Å². The quantitative estimate of drug-likeness (QED) is 0.668. The number of halogens is 1. The van der Waals surface area contributed by atoms with E-state index in [1.54, 1.807) is 18.2 Å². The molecule has 2 aliphatic heterocycles. The number of nitrogens with zero attached hydrogens (tertiary/aromatic N) is 4. The summed E-state index contributed by atoms with van der Waals surface area (Å²) in [6, 6.07) is 6.77. The fraction of sp³-hybridized carbons (Fsp3) is 0.524. The summed E-state index contributed by atoms with van der Waals surface area (Å²) in [6.07, 6.45) is 1.66. The molecule has 2 aliphatic rings. The number of nitrogens with one attached hydrogen (secondary N) is 1. The van der Waals surface area contributed by atoms with Gasteiger partial charge in [-0.1, -0.05) is 18.2 Å². The first kappa shape index (κ1) is 21.3. The van der Waals surface area contributed by atoms with Crippen molar-refractivity contribution < 1.29 is 14.0 Å². The van der Waals surface area contributed by atoms with Crippen LogP contribution in [-0.2, 0) is 9.59 Å². The molecule has 0 aromatic heterocycles. The van der Waals surface area contributed by atoms with Gasteiger partial charge in [0.1, 0.15) is 5.82 Å². The van der Waals surface area contributed by atoms with Crippen molar-refractivity contribution in [1.29, 1.82) is 0 Å². The van der Waals surface area contributed by atoms with Crippen LogP contribution in [0.5, 0.6) is 0 Å². The predicted octanol–water partition coefficient (Wildman–Crippen LogP) is 0.394. The van der Waals surface area contributed by atoms with Gasteiger partial charge >= 0.3 is 0 Å². The minimum atomic E-state index is -0.219. The van der Waals surface area contributed by atoms with E-state index in [1.807, 2.05) is 15.9 Å². The Kier molecular flexibility index (Phi) is 7.60. The number of rotatable bonds is 7. The zero-order valence-electron chi connectivity index (χ0n) is 16.9. The maximum atomic E-state index is 13.9. The molecule has 29 heavy (non-hydrogen) atoms. The van der Waals surface area contributed by atoms with Crippen molar-refractivity contribution >= 4 is 17.5 Å². The minimum absolute atomic E-state index is 0.00199. The SMILES string of the molecule is C=CCNC(=O)CN1CCN(CC(=O)N2CCN(c3ccccc3F)CC2)CC1. The highest BCUT2D eigenvalue weighted by Crippen LogP contribution is 2.20. The lowest BCUT2D eigenvalue weighted by Gasteiger charge is -2.38. The molecule has 2 amide bonds. The van der Waals surface area contributed by atoms with Crippen molar-refractivity contribution in [2.24, 2.45) is 0 Å². The van der Waals surface area contributed by atoms with E-state index < -0.39 is 0 Å². The molecule has 2 fully saturated rings. The van der Waals surface area contributed by atoms with Crippen LogP contribution in [0.1, 0.15) is 0 Å². The first-order valence-corrected chi connectivity index (χ1v) is 10.2. The van der Waals surface area contributed by atoms with Gasteiger partial charge in [0.05, 0.1) is 18.8 Å². The van der Waals surface area contributed by atoms with Crippen LogP contribution in [0.15, 0.2) is 36.9 Å². The van der Waals surface area contributed by atoms with Gasteiger partial charge in [0.25, 0.3) is 0 Å². The Hall–Kier alpha value is -2.45. The standard InChI is InChI=1S/C21H30FN5O2/c1-2-7-23-20(28)16-24-8-10-25(11-9-24)17-21(29)27-14-12-26(13-15-27)19-6-4-3-5-18(19)22/h2-6H,1,7-17H2,(H,23,28). The highest BCUT2D eigenvalue weighted by Gasteiger charge is 2.26. The van der Waals surface area contributed by atoms with E-state index >= 15 is 0 Å². The first-order valence-electron chi connectivity index (χ1n) is 10.2. The molecule has 1 aromatic carbocycles. The van der Waals surface area contributed by atoms with Crippen LogP contribution in [0.25, 0.3) is 0 Å². The summed E-state index contributed by atoms with van der Waals surface area (Å²) in [5.74, 6) is -0.0965. The number of benzene rings is 1. The van der Waals surface area contributed by atoms with Crippen LogP contribution >= 0.6 is 0 Å². The molecule has 7 nitrogen and oxygen atoms in total. The lowest BCUT2D eigenvalue weighted by Crippen LogP contribution is -2.54. The Morgan fingerprint density at radius 3 is 2.21 bits per heavy atom. The number of amides is 2. The predicted molar refractivity (Wildman–Crippen MR) is 111 cm³/mol. The summed E-state index contributed by atoms with van der Waals surface area (Å²) in [5.41, 5.74) is 0.604. The van der Waals surface area contributed by atoms with Gasteiger partial charge in [-0.2, -0.15) is 0 Å². The molecular formula is C21H30FN5O2. The van der Waals surface area contributed by atoms with Gasteiger partial charge in [0.15, 0.2) is 0 Å². The number of carbonyl (C=O) groups excluding carboxylic acids is 2. The van der Waals surface area contributed by atoms with Gasteiger partial charge in [-0.3, -0.25) is 19.4 Å². The summed E-state index contributed by atoms with van der Waals surface area (Å²) in [6.45, 7) is 10.4. The van der Waals surface area contributed by atoms with Crippen molar-refractivity contribution in [3.63, 3.8) is 0 Å². The molecule has 2 heterocycles. The van der Waals surface area contributed by atoms with Crippen molar-refractivity contribution in [3.8, 4) is 0 Å². The summed E-state index contributed by atoms with van der Waals surface area (Å²) < 4.78 is 13.9. The molecule has 1 aromatic rings. The van der Waals surface area contributed by atoms with Gasteiger partial charge in [-0.15, -0.1) is 6.58 Å². The van der Waals surface area contributed by atoms with Crippen LogP contribution in [0.2, 0.25) is 0 Å². The molecule has 0 radical (unpaired) electrons. The van der Waals surface area contributed by atoms with E-state index in [1.165, 1.54) is 6.07 Å². The van der Waals surface area contributed by atoms with Gasteiger partial charge in [0.2, 0.25) is 11.8 Å². The van der Waals surface area contributed by atoms with E-state index in [4.69, 9.17) is 0 Å². The zero-order chi connectivity index (χ0) is 20.6. The van der Waals surface area contributed by atoms with Crippen molar-refractivity contribution in [2.45, 2.75) is 0 Å². The fourth-order valence-corrected chi connectivity index (χ4v) is 3.75. The Morgan fingerprint density at radius 2 is 1.59 bits per heavy atom. The first-order chi connectivity index (χ1) is 14.1. The number of piperazine rings is 2. The second kappa shape index (κ2) is 10.4. The number of para-hydroxylation sites is 1. The summed E-state index contributed by atoms with van der Waals surface area (Å²) in [4.78, 5) is 32.6. The summed E-state index contributed by atoms with van der Waals surface area (Å²) in [7, 11) is 0. The highest BCUT2D eigenvalue weighted by atomic mass is 19.1. The Balaban J connectivity index is 1.38. The largest absolute Gasteiger partial charge is 0.366 e. The van der Waals surface area contributed by atoms with Crippen molar-refractivity contribution in [1.82, 2.24) is 20.0 Å². The van der Waals surface area contributed by atoms with Crippen molar-refractivity contribution in [3.05, 3.63) is 42.7 Å². The Labute approximate surface area is 171 Å². The number of carbonyl (C=O) groups is 2. The smallest absolute Gasteiger partial charge is 0.236 e. The molecular weight excluding hydrogens is 373 g/mol. The molecule has 0 spiro atoms. The molecule has 0 saturated carbocycles. The minimum Gasteiger partial charge on any atom is -0.366 e. The molecule has 8 heteroatoms. The van der Waals surface area contributed by atoms with Gasteiger partial charge in [-0.05, 0) is 12.1 Å². The molecule has 0 bridgehead atoms. The van der Waals surface area contributed by atoms with E-state index in [2.05, 4.69) is 21.7 Å². The van der Waals surface area contributed by atoms with Gasteiger partial charge in [-0.25, -0.2) is 4.39 Å². The lowest BCUT2D eigenvalue weighted by molar-refractivity contribution is -0.133. The molecule has 3 rings (SSSR count). The molecule has 0 aliphatic carbocycles. The monoisotopic (exact) mass is 403 g/mol.